The zero-order valence-electron chi connectivity index (χ0n) is 18.5. The average molecular weight is 698 g/mol. The molecule has 1 saturated heterocycles. The lowest BCUT2D eigenvalue weighted by Gasteiger charge is -2.25. The molecule has 1 N–H and O–H groups in total. The number of halogens is 2. The van der Waals surface area contributed by atoms with Crippen LogP contribution in [0.5, 0.6) is 11.5 Å². The number of urea groups is 1. The van der Waals surface area contributed by atoms with Crippen LogP contribution in [0.4, 0.5) is 4.79 Å². The highest BCUT2D eigenvalue weighted by Crippen LogP contribution is 2.36. The van der Waals surface area contributed by atoms with E-state index in [2.05, 4.69) is 50.5 Å². The van der Waals surface area contributed by atoms with Gasteiger partial charge in [0.05, 0.1) is 23.0 Å². The summed E-state index contributed by atoms with van der Waals surface area (Å²) in [5.41, 5.74) is 1.41. The molecule has 1 aliphatic heterocycles. The minimum Gasteiger partial charge on any atom is -0.490 e. The van der Waals surface area contributed by atoms with Crippen molar-refractivity contribution in [3.05, 3.63) is 84.4 Å². The van der Waals surface area contributed by atoms with Crippen LogP contribution in [0.2, 0.25) is 0 Å². The molecule has 0 spiro atoms. The Kier molecular flexibility index (Phi) is 8.11. The SMILES string of the molecule is CCOc1cc(/C=C2\C(=O)NC(=O)N(Cc3ccco3)C2=O)cc(I)c1OCc1ccc(I)cc1. The zero-order valence-corrected chi connectivity index (χ0v) is 22.9. The van der Waals surface area contributed by atoms with Crippen molar-refractivity contribution in [2.45, 2.75) is 20.1 Å². The van der Waals surface area contributed by atoms with Gasteiger partial charge in [-0.3, -0.25) is 19.8 Å². The van der Waals surface area contributed by atoms with Crippen LogP contribution in [0.3, 0.4) is 0 Å². The Hall–Kier alpha value is -2.87. The van der Waals surface area contributed by atoms with Gasteiger partial charge in [0.15, 0.2) is 11.5 Å². The van der Waals surface area contributed by atoms with Gasteiger partial charge in [-0.1, -0.05) is 12.1 Å². The van der Waals surface area contributed by atoms with Crippen LogP contribution >= 0.6 is 45.2 Å². The van der Waals surface area contributed by atoms with Gasteiger partial charge in [-0.2, -0.15) is 0 Å². The Morgan fingerprint density at radius 1 is 1.06 bits per heavy atom. The summed E-state index contributed by atoms with van der Waals surface area (Å²) in [6.45, 7) is 2.53. The van der Waals surface area contributed by atoms with Gasteiger partial charge >= 0.3 is 6.03 Å². The lowest BCUT2D eigenvalue weighted by atomic mass is 10.1. The van der Waals surface area contributed by atoms with Crippen LogP contribution in [0.15, 0.2) is 64.8 Å². The molecule has 180 valence electrons. The maximum absolute atomic E-state index is 13.0. The molecule has 2 heterocycles. The van der Waals surface area contributed by atoms with Crippen molar-refractivity contribution in [3.8, 4) is 11.5 Å². The third kappa shape index (κ3) is 6.04. The summed E-state index contributed by atoms with van der Waals surface area (Å²) in [6.07, 6.45) is 2.88. The number of benzene rings is 2. The fourth-order valence-corrected chi connectivity index (χ4v) is 4.51. The van der Waals surface area contributed by atoms with Crippen LogP contribution in [0, 0.1) is 7.14 Å². The van der Waals surface area contributed by atoms with Gasteiger partial charge in [0.2, 0.25) is 0 Å². The summed E-state index contributed by atoms with van der Waals surface area (Å²) in [4.78, 5) is 38.7. The number of barbiturate groups is 1. The third-order valence-electron chi connectivity index (χ3n) is 5.02. The van der Waals surface area contributed by atoms with E-state index in [0.717, 1.165) is 17.6 Å². The minimum absolute atomic E-state index is 0.0880. The predicted octanol–water partition coefficient (Wildman–Crippen LogP) is 5.13. The fraction of sp³-hybridized carbons (Fsp3) is 0.160. The molecule has 4 amide bonds. The summed E-state index contributed by atoms with van der Waals surface area (Å²) in [5, 5.41) is 2.21. The number of carbonyl (C=O) groups excluding carboxylic acids is 3. The van der Waals surface area contributed by atoms with E-state index in [9.17, 15) is 14.4 Å². The molecule has 1 aromatic heterocycles. The second-order valence-electron chi connectivity index (χ2n) is 7.47. The van der Waals surface area contributed by atoms with E-state index < -0.39 is 17.8 Å². The van der Waals surface area contributed by atoms with Gasteiger partial charge in [0.25, 0.3) is 11.8 Å². The fourth-order valence-electron chi connectivity index (χ4n) is 3.37. The van der Waals surface area contributed by atoms with Gasteiger partial charge in [0, 0.05) is 3.57 Å². The molecule has 0 aliphatic carbocycles. The Morgan fingerprint density at radius 3 is 2.51 bits per heavy atom. The number of furan rings is 1. The number of ether oxygens (including phenoxy) is 2. The molecule has 4 rings (SSSR count). The molecule has 0 radical (unpaired) electrons. The summed E-state index contributed by atoms with van der Waals surface area (Å²) in [7, 11) is 0. The molecule has 2 aromatic carbocycles. The van der Waals surface area contributed by atoms with Crippen molar-refractivity contribution >= 4 is 69.1 Å². The van der Waals surface area contributed by atoms with E-state index in [1.165, 1.54) is 12.3 Å². The number of rotatable bonds is 8. The van der Waals surface area contributed by atoms with E-state index >= 15 is 0 Å². The third-order valence-corrected chi connectivity index (χ3v) is 6.54. The summed E-state index contributed by atoms with van der Waals surface area (Å²) in [5.74, 6) is 0.0148. The van der Waals surface area contributed by atoms with Crippen molar-refractivity contribution in [1.29, 1.82) is 0 Å². The van der Waals surface area contributed by atoms with Crippen molar-refractivity contribution < 1.29 is 28.3 Å². The molecule has 3 aromatic rings. The lowest BCUT2D eigenvalue weighted by molar-refractivity contribution is -0.130. The number of hydrogen-bond acceptors (Lipinski definition) is 6. The summed E-state index contributed by atoms with van der Waals surface area (Å²) >= 11 is 4.38. The number of carbonyl (C=O) groups is 3. The van der Waals surface area contributed by atoms with Crippen LogP contribution in [-0.2, 0) is 22.7 Å². The van der Waals surface area contributed by atoms with Crippen molar-refractivity contribution in [3.63, 3.8) is 0 Å². The highest BCUT2D eigenvalue weighted by molar-refractivity contribution is 14.1. The first-order valence-electron chi connectivity index (χ1n) is 10.6. The Bertz CT molecular complexity index is 1290. The molecule has 0 atom stereocenters. The van der Waals surface area contributed by atoms with Crippen LogP contribution in [0.25, 0.3) is 6.08 Å². The molecule has 10 heteroatoms. The van der Waals surface area contributed by atoms with E-state index in [-0.39, 0.29) is 12.1 Å². The average Bonchev–Trinajstić information content (AvgIpc) is 3.34. The monoisotopic (exact) mass is 698 g/mol. The lowest BCUT2D eigenvalue weighted by Crippen LogP contribution is -2.53. The standard InChI is InChI=1S/C25H20I2N2O6/c1-2-33-21-12-16(11-20(27)22(21)35-14-15-5-7-17(26)8-6-15)10-19-23(30)28-25(32)29(24(19)31)13-18-4-3-9-34-18/h3-12H,2,13-14H2,1H3,(H,28,30,32)/b19-10+. The maximum Gasteiger partial charge on any atom is 0.331 e. The van der Waals surface area contributed by atoms with Gasteiger partial charge in [-0.25, -0.2) is 4.79 Å². The van der Waals surface area contributed by atoms with Crippen molar-refractivity contribution in [2.24, 2.45) is 0 Å². The maximum atomic E-state index is 13.0. The Labute approximate surface area is 228 Å². The first-order valence-corrected chi connectivity index (χ1v) is 12.8. The number of hydrogen-bond donors (Lipinski definition) is 1. The molecule has 0 saturated carbocycles. The Balaban J connectivity index is 1.61. The van der Waals surface area contributed by atoms with E-state index in [0.29, 0.717) is 36.0 Å². The largest absolute Gasteiger partial charge is 0.490 e. The summed E-state index contributed by atoms with van der Waals surface area (Å²) < 4.78 is 19.0. The Morgan fingerprint density at radius 2 is 1.83 bits per heavy atom. The smallest absolute Gasteiger partial charge is 0.331 e. The second kappa shape index (κ2) is 11.2. The van der Waals surface area contributed by atoms with Crippen LogP contribution in [-0.4, -0.2) is 29.4 Å². The van der Waals surface area contributed by atoms with Gasteiger partial charge < -0.3 is 13.9 Å². The number of imide groups is 2. The van der Waals surface area contributed by atoms with Crippen molar-refractivity contribution in [1.82, 2.24) is 10.2 Å². The van der Waals surface area contributed by atoms with Gasteiger partial charge in [-0.05, 0) is 106 Å². The molecule has 0 bridgehead atoms. The molecular weight excluding hydrogens is 678 g/mol. The number of nitrogens with zero attached hydrogens (tertiary/aromatic N) is 1. The predicted molar refractivity (Wildman–Crippen MR) is 145 cm³/mol. The van der Waals surface area contributed by atoms with Gasteiger partial charge in [-0.15, -0.1) is 0 Å². The number of nitrogens with one attached hydrogen (secondary N) is 1. The normalized spacial score (nSPS) is 14.9. The highest BCUT2D eigenvalue weighted by atomic mass is 127. The zero-order chi connectivity index (χ0) is 24.9. The second-order valence-corrected chi connectivity index (χ2v) is 9.87. The topological polar surface area (TPSA) is 98.1 Å². The van der Waals surface area contributed by atoms with E-state index in [4.69, 9.17) is 13.9 Å². The molecule has 1 aliphatic rings. The molecule has 0 unspecified atom stereocenters. The minimum atomic E-state index is -0.794. The number of amides is 4. The first-order chi connectivity index (χ1) is 16.9. The van der Waals surface area contributed by atoms with Crippen LogP contribution < -0.4 is 14.8 Å². The van der Waals surface area contributed by atoms with Crippen LogP contribution in [0.1, 0.15) is 23.8 Å². The molecule has 1 fully saturated rings. The molecule has 35 heavy (non-hydrogen) atoms. The quantitative estimate of drug-likeness (QED) is 0.199. The summed E-state index contributed by atoms with van der Waals surface area (Å²) in [6, 6.07) is 14.0. The highest BCUT2D eigenvalue weighted by Gasteiger charge is 2.36. The van der Waals surface area contributed by atoms with Crippen molar-refractivity contribution in [2.75, 3.05) is 6.61 Å². The van der Waals surface area contributed by atoms with E-state index in [1.54, 1.807) is 24.3 Å². The first kappa shape index (κ1) is 25.2. The molecular formula is C25H20I2N2O6. The molecule has 8 nitrogen and oxygen atoms in total. The van der Waals surface area contributed by atoms with Gasteiger partial charge in [0.1, 0.15) is 17.9 Å². The van der Waals surface area contributed by atoms with E-state index in [1.807, 2.05) is 31.2 Å².